The number of hydrogen-bond acceptors (Lipinski definition) is 4. The van der Waals surface area contributed by atoms with E-state index >= 15 is 0 Å². The van der Waals surface area contributed by atoms with Crippen molar-refractivity contribution < 1.29 is 14.3 Å². The standard InChI is InChI=1S/C28H31ClN2O3/c1-19(2)30(3)23-8-13-26-20(17-23)14-15-31(28(32)21-6-5-7-22(29)16-21)27(26)18-34-25-11-9-24(33-4)10-12-25/h5-13,16-17,19,27H,14-15,18H2,1-4H3. The summed E-state index contributed by atoms with van der Waals surface area (Å²) in [5.41, 5.74) is 4.14. The van der Waals surface area contributed by atoms with Crippen LogP contribution < -0.4 is 14.4 Å². The van der Waals surface area contributed by atoms with Crippen molar-refractivity contribution in [2.45, 2.75) is 32.4 Å². The molecule has 0 aromatic heterocycles. The number of amides is 1. The van der Waals surface area contributed by atoms with Crippen LogP contribution in [0.25, 0.3) is 0 Å². The average molecular weight is 479 g/mol. The molecule has 1 atom stereocenters. The predicted octanol–water partition coefficient (Wildman–Crippen LogP) is 6.01. The average Bonchev–Trinajstić information content (AvgIpc) is 2.86. The Morgan fingerprint density at radius 3 is 2.50 bits per heavy atom. The third-order valence-electron chi connectivity index (χ3n) is 6.47. The third-order valence-corrected chi connectivity index (χ3v) is 6.70. The molecule has 6 heteroatoms. The molecule has 1 heterocycles. The molecule has 0 saturated carbocycles. The molecule has 1 aliphatic heterocycles. The fraction of sp³-hybridized carbons (Fsp3) is 0.321. The molecule has 1 unspecified atom stereocenters. The number of fused-ring (bicyclic) bond motifs is 1. The first-order valence-corrected chi connectivity index (χ1v) is 11.9. The number of nitrogens with zero attached hydrogens (tertiary/aromatic N) is 2. The summed E-state index contributed by atoms with van der Waals surface area (Å²) in [6.45, 7) is 5.32. The van der Waals surface area contributed by atoms with Gasteiger partial charge < -0.3 is 19.3 Å². The molecular formula is C28H31ClN2O3. The van der Waals surface area contributed by atoms with Gasteiger partial charge in [-0.25, -0.2) is 0 Å². The molecule has 1 aliphatic rings. The Morgan fingerprint density at radius 2 is 1.82 bits per heavy atom. The number of carbonyl (C=O) groups is 1. The van der Waals surface area contributed by atoms with Gasteiger partial charge in [0.15, 0.2) is 0 Å². The number of halogens is 1. The highest BCUT2D eigenvalue weighted by molar-refractivity contribution is 6.30. The molecule has 0 spiro atoms. The Hall–Kier alpha value is -3.18. The number of anilines is 1. The second-order valence-electron chi connectivity index (χ2n) is 8.85. The minimum absolute atomic E-state index is 0.0418. The van der Waals surface area contributed by atoms with Crippen molar-refractivity contribution >= 4 is 23.2 Å². The minimum atomic E-state index is -0.212. The van der Waals surface area contributed by atoms with Crippen molar-refractivity contribution in [1.29, 1.82) is 0 Å². The van der Waals surface area contributed by atoms with Crippen LogP contribution in [0, 0.1) is 0 Å². The van der Waals surface area contributed by atoms with Gasteiger partial charge in [0.05, 0.1) is 13.2 Å². The summed E-state index contributed by atoms with van der Waals surface area (Å²) in [5.74, 6) is 1.47. The first-order chi connectivity index (χ1) is 16.4. The molecule has 1 amide bonds. The number of methoxy groups -OCH3 is 1. The lowest BCUT2D eigenvalue weighted by molar-refractivity contribution is 0.0590. The van der Waals surface area contributed by atoms with E-state index in [0.29, 0.717) is 29.8 Å². The number of rotatable bonds is 7. The Balaban J connectivity index is 1.65. The Bertz CT molecular complexity index is 1150. The van der Waals surface area contributed by atoms with Gasteiger partial charge in [-0.3, -0.25) is 4.79 Å². The first kappa shape index (κ1) is 24.0. The van der Waals surface area contributed by atoms with Crippen LogP contribution >= 0.6 is 11.6 Å². The minimum Gasteiger partial charge on any atom is -0.497 e. The predicted molar refractivity (Wildman–Crippen MR) is 137 cm³/mol. The third kappa shape index (κ3) is 5.15. The monoisotopic (exact) mass is 478 g/mol. The van der Waals surface area contributed by atoms with Gasteiger partial charge in [0.2, 0.25) is 0 Å². The Labute approximate surface area is 206 Å². The molecule has 34 heavy (non-hydrogen) atoms. The lowest BCUT2D eigenvalue weighted by atomic mass is 9.91. The van der Waals surface area contributed by atoms with E-state index in [1.165, 1.54) is 11.3 Å². The van der Waals surface area contributed by atoms with Crippen molar-refractivity contribution in [3.05, 3.63) is 88.4 Å². The number of hydrogen-bond donors (Lipinski definition) is 0. The largest absolute Gasteiger partial charge is 0.497 e. The molecule has 4 rings (SSSR count). The molecule has 178 valence electrons. The number of carbonyl (C=O) groups excluding carboxylic acids is 1. The van der Waals surface area contributed by atoms with E-state index in [4.69, 9.17) is 21.1 Å². The second kappa shape index (κ2) is 10.4. The van der Waals surface area contributed by atoms with E-state index in [9.17, 15) is 4.79 Å². The summed E-state index contributed by atoms with van der Waals surface area (Å²) in [5, 5.41) is 0.552. The molecule has 0 bridgehead atoms. The Morgan fingerprint density at radius 1 is 1.09 bits per heavy atom. The van der Waals surface area contributed by atoms with Gasteiger partial charge in [-0.05, 0) is 86.0 Å². The van der Waals surface area contributed by atoms with Crippen LogP contribution in [0.15, 0.2) is 66.7 Å². The van der Waals surface area contributed by atoms with Crippen LogP contribution in [0.3, 0.4) is 0 Å². The van der Waals surface area contributed by atoms with Crippen molar-refractivity contribution in [2.75, 3.05) is 32.2 Å². The molecule has 3 aromatic rings. The second-order valence-corrected chi connectivity index (χ2v) is 9.29. The van der Waals surface area contributed by atoms with E-state index in [1.54, 1.807) is 19.2 Å². The molecule has 0 fully saturated rings. The van der Waals surface area contributed by atoms with Gasteiger partial charge >= 0.3 is 0 Å². The maximum absolute atomic E-state index is 13.5. The molecule has 0 radical (unpaired) electrons. The SMILES string of the molecule is COc1ccc(OCC2c3ccc(N(C)C(C)C)cc3CCN2C(=O)c2cccc(Cl)c2)cc1. The quantitative estimate of drug-likeness (QED) is 0.417. The maximum atomic E-state index is 13.5. The summed E-state index contributed by atoms with van der Waals surface area (Å²) >= 11 is 6.17. The van der Waals surface area contributed by atoms with Crippen LogP contribution in [0.2, 0.25) is 5.02 Å². The highest BCUT2D eigenvalue weighted by atomic mass is 35.5. The highest BCUT2D eigenvalue weighted by Crippen LogP contribution is 2.34. The van der Waals surface area contributed by atoms with E-state index in [0.717, 1.165) is 23.5 Å². The van der Waals surface area contributed by atoms with Gasteiger partial charge in [-0.15, -0.1) is 0 Å². The van der Waals surface area contributed by atoms with E-state index in [-0.39, 0.29) is 11.9 Å². The van der Waals surface area contributed by atoms with Gasteiger partial charge in [-0.1, -0.05) is 23.7 Å². The number of benzene rings is 3. The molecule has 0 N–H and O–H groups in total. The summed E-state index contributed by atoms with van der Waals surface area (Å²) in [7, 11) is 3.74. The van der Waals surface area contributed by atoms with Gasteiger partial charge in [0.25, 0.3) is 5.91 Å². The van der Waals surface area contributed by atoms with Crippen molar-refractivity contribution in [3.63, 3.8) is 0 Å². The van der Waals surface area contributed by atoms with Crippen LogP contribution in [0.5, 0.6) is 11.5 Å². The fourth-order valence-electron chi connectivity index (χ4n) is 4.27. The molecule has 3 aromatic carbocycles. The number of ether oxygens (including phenoxy) is 2. The topological polar surface area (TPSA) is 42.0 Å². The first-order valence-electron chi connectivity index (χ1n) is 11.6. The van der Waals surface area contributed by atoms with Crippen molar-refractivity contribution in [2.24, 2.45) is 0 Å². The van der Waals surface area contributed by atoms with Crippen molar-refractivity contribution in [1.82, 2.24) is 4.90 Å². The molecule has 5 nitrogen and oxygen atoms in total. The zero-order chi connectivity index (χ0) is 24.2. The molecule has 0 saturated heterocycles. The van der Waals surface area contributed by atoms with E-state index < -0.39 is 0 Å². The van der Waals surface area contributed by atoms with Gasteiger partial charge in [0.1, 0.15) is 18.1 Å². The summed E-state index contributed by atoms with van der Waals surface area (Å²) < 4.78 is 11.4. The van der Waals surface area contributed by atoms with Crippen LogP contribution in [0.1, 0.15) is 41.4 Å². The van der Waals surface area contributed by atoms with Crippen molar-refractivity contribution in [3.8, 4) is 11.5 Å². The summed E-state index contributed by atoms with van der Waals surface area (Å²) in [6, 6.07) is 21.3. The Kier molecular flexibility index (Phi) is 7.32. The maximum Gasteiger partial charge on any atom is 0.254 e. The zero-order valence-corrected chi connectivity index (χ0v) is 20.9. The summed E-state index contributed by atoms with van der Waals surface area (Å²) in [6.07, 6.45) is 0.792. The van der Waals surface area contributed by atoms with Gasteiger partial charge in [-0.2, -0.15) is 0 Å². The fourth-order valence-corrected chi connectivity index (χ4v) is 4.46. The molecule has 0 aliphatic carbocycles. The van der Waals surface area contributed by atoms with E-state index in [2.05, 4.69) is 44.0 Å². The van der Waals surface area contributed by atoms with Crippen LogP contribution in [0.4, 0.5) is 5.69 Å². The van der Waals surface area contributed by atoms with Gasteiger partial charge in [0, 0.05) is 35.9 Å². The van der Waals surface area contributed by atoms with Crippen LogP contribution in [-0.2, 0) is 6.42 Å². The lowest BCUT2D eigenvalue weighted by Gasteiger charge is -2.38. The molecular weight excluding hydrogens is 448 g/mol. The normalized spacial score (nSPS) is 15.1. The van der Waals surface area contributed by atoms with Crippen LogP contribution in [-0.4, -0.2) is 44.2 Å². The highest BCUT2D eigenvalue weighted by Gasteiger charge is 2.32. The lowest BCUT2D eigenvalue weighted by Crippen LogP contribution is -2.42. The smallest absolute Gasteiger partial charge is 0.254 e. The van der Waals surface area contributed by atoms with E-state index in [1.807, 2.05) is 41.3 Å². The summed E-state index contributed by atoms with van der Waals surface area (Å²) in [4.78, 5) is 17.7. The zero-order valence-electron chi connectivity index (χ0n) is 20.1.